The van der Waals surface area contributed by atoms with Gasteiger partial charge >= 0.3 is 5.97 Å². The zero-order valence-electron chi connectivity index (χ0n) is 16.4. The van der Waals surface area contributed by atoms with Crippen molar-refractivity contribution in [3.63, 3.8) is 0 Å². The Morgan fingerprint density at radius 1 is 1.08 bits per heavy atom. The van der Waals surface area contributed by atoms with Gasteiger partial charge in [-0.25, -0.2) is 0 Å². The lowest BCUT2D eigenvalue weighted by molar-refractivity contribution is -0.140. The van der Waals surface area contributed by atoms with Gasteiger partial charge in [0.1, 0.15) is 5.75 Å². The molecule has 0 amide bonds. The lowest BCUT2D eigenvalue weighted by Gasteiger charge is -2.27. The summed E-state index contributed by atoms with van der Waals surface area (Å²) in [6, 6.07) is 8.09. The summed E-state index contributed by atoms with van der Waals surface area (Å²) in [5, 5.41) is 0. The molecule has 0 unspecified atom stereocenters. The van der Waals surface area contributed by atoms with Crippen LogP contribution in [-0.4, -0.2) is 5.97 Å². The second-order valence-electron chi connectivity index (χ2n) is 8.00. The SMILES string of the molecule is CCCCCC1CCC(C(=O)Oc2ccc(C[C@@H](C)CC)cc2)CC1. The van der Waals surface area contributed by atoms with Gasteiger partial charge in [0.05, 0.1) is 5.92 Å². The maximum atomic E-state index is 12.4. The minimum Gasteiger partial charge on any atom is -0.426 e. The van der Waals surface area contributed by atoms with Gasteiger partial charge < -0.3 is 4.74 Å². The minimum atomic E-state index is -0.0262. The maximum absolute atomic E-state index is 12.4. The molecule has 1 aromatic rings. The Morgan fingerprint density at radius 3 is 2.36 bits per heavy atom. The van der Waals surface area contributed by atoms with Crippen molar-refractivity contribution in [2.45, 2.75) is 85.0 Å². The predicted molar refractivity (Wildman–Crippen MR) is 105 cm³/mol. The molecule has 2 heteroatoms. The van der Waals surface area contributed by atoms with E-state index in [1.165, 1.54) is 50.5 Å². The van der Waals surface area contributed by atoms with Crippen LogP contribution in [0.15, 0.2) is 24.3 Å². The Balaban J connectivity index is 1.75. The zero-order chi connectivity index (χ0) is 18.1. The lowest BCUT2D eigenvalue weighted by atomic mass is 9.80. The molecule has 1 aliphatic carbocycles. The van der Waals surface area contributed by atoms with Crippen LogP contribution < -0.4 is 4.74 Å². The van der Waals surface area contributed by atoms with Crippen LogP contribution in [0.3, 0.4) is 0 Å². The van der Waals surface area contributed by atoms with Crippen LogP contribution in [-0.2, 0) is 11.2 Å². The molecule has 1 fully saturated rings. The third-order valence-electron chi connectivity index (χ3n) is 5.82. The Labute approximate surface area is 154 Å². The molecule has 0 heterocycles. The van der Waals surface area contributed by atoms with Crippen LogP contribution >= 0.6 is 0 Å². The topological polar surface area (TPSA) is 26.3 Å². The van der Waals surface area contributed by atoms with Crippen molar-refractivity contribution < 1.29 is 9.53 Å². The summed E-state index contributed by atoms with van der Waals surface area (Å²) in [6.07, 6.45) is 12.0. The highest BCUT2D eigenvalue weighted by molar-refractivity contribution is 5.75. The van der Waals surface area contributed by atoms with Crippen molar-refractivity contribution in [1.29, 1.82) is 0 Å². The lowest BCUT2D eigenvalue weighted by Crippen LogP contribution is -2.25. The van der Waals surface area contributed by atoms with Gasteiger partial charge in [-0.1, -0.05) is 65.0 Å². The van der Waals surface area contributed by atoms with Crippen LogP contribution in [0.2, 0.25) is 0 Å². The molecule has 1 aliphatic rings. The summed E-state index contributed by atoms with van der Waals surface area (Å²) < 4.78 is 5.64. The van der Waals surface area contributed by atoms with Crippen LogP contribution in [0.4, 0.5) is 0 Å². The maximum Gasteiger partial charge on any atom is 0.314 e. The summed E-state index contributed by atoms with van der Waals surface area (Å²) in [6.45, 7) is 6.75. The van der Waals surface area contributed by atoms with E-state index in [4.69, 9.17) is 4.74 Å². The predicted octanol–water partition coefficient (Wildman–Crippen LogP) is 6.57. The van der Waals surface area contributed by atoms with E-state index < -0.39 is 0 Å². The van der Waals surface area contributed by atoms with E-state index in [-0.39, 0.29) is 11.9 Å². The number of carbonyl (C=O) groups excluding carboxylic acids is 1. The van der Waals surface area contributed by atoms with Crippen molar-refractivity contribution >= 4 is 5.97 Å². The average molecular weight is 345 g/mol. The van der Waals surface area contributed by atoms with Crippen LogP contribution in [0.5, 0.6) is 5.75 Å². The fraction of sp³-hybridized carbons (Fsp3) is 0.696. The number of esters is 1. The number of rotatable bonds is 9. The smallest absolute Gasteiger partial charge is 0.314 e. The molecule has 0 spiro atoms. The number of benzene rings is 1. The summed E-state index contributed by atoms with van der Waals surface area (Å²) in [4.78, 5) is 12.4. The molecule has 2 nitrogen and oxygen atoms in total. The van der Waals surface area contributed by atoms with Crippen molar-refractivity contribution in [3.05, 3.63) is 29.8 Å². The second-order valence-corrected chi connectivity index (χ2v) is 8.00. The molecule has 1 aromatic carbocycles. The molecule has 0 bridgehead atoms. The molecule has 0 radical (unpaired) electrons. The minimum absolute atomic E-state index is 0.0262. The van der Waals surface area contributed by atoms with Crippen LogP contribution in [0, 0.1) is 17.8 Å². The first-order valence-electron chi connectivity index (χ1n) is 10.4. The summed E-state index contributed by atoms with van der Waals surface area (Å²) in [5.74, 6) is 2.29. The monoisotopic (exact) mass is 344 g/mol. The molecule has 1 saturated carbocycles. The van der Waals surface area contributed by atoms with Gasteiger partial charge in [0, 0.05) is 0 Å². The number of ether oxygens (including phenoxy) is 1. The van der Waals surface area contributed by atoms with Gasteiger partial charge in [-0.2, -0.15) is 0 Å². The standard InChI is InChI=1S/C23H36O2/c1-4-6-7-8-19-9-13-21(14-10-19)23(24)25-22-15-11-20(12-16-22)17-18(3)5-2/h11-12,15-16,18-19,21H,4-10,13-14,17H2,1-3H3/t18-,19?,21?/m0/s1. The third-order valence-corrected chi connectivity index (χ3v) is 5.82. The normalized spacial score (nSPS) is 21.7. The van der Waals surface area contributed by atoms with Crippen molar-refractivity contribution in [2.75, 3.05) is 0 Å². The van der Waals surface area contributed by atoms with E-state index in [0.717, 1.165) is 25.2 Å². The third kappa shape index (κ3) is 6.84. The molecule has 2 rings (SSSR count). The highest BCUT2D eigenvalue weighted by Gasteiger charge is 2.27. The first kappa shape index (κ1) is 20.0. The van der Waals surface area contributed by atoms with Gasteiger partial charge in [0.25, 0.3) is 0 Å². The highest BCUT2D eigenvalue weighted by atomic mass is 16.5. The average Bonchev–Trinajstić information content (AvgIpc) is 2.64. The number of carbonyl (C=O) groups is 1. The van der Waals surface area contributed by atoms with Crippen molar-refractivity contribution in [1.82, 2.24) is 0 Å². The summed E-state index contributed by atoms with van der Waals surface area (Å²) in [5.41, 5.74) is 1.32. The Hall–Kier alpha value is -1.31. The quantitative estimate of drug-likeness (QED) is 0.288. The van der Waals surface area contributed by atoms with Gasteiger partial charge in [-0.3, -0.25) is 4.79 Å². The molecule has 25 heavy (non-hydrogen) atoms. The Kier molecular flexibility index (Phi) is 8.51. The largest absolute Gasteiger partial charge is 0.426 e. The van der Waals surface area contributed by atoms with Crippen molar-refractivity contribution in [2.24, 2.45) is 17.8 Å². The van der Waals surface area contributed by atoms with Crippen molar-refractivity contribution in [3.8, 4) is 5.75 Å². The molecular formula is C23H36O2. The Bertz CT molecular complexity index is 497. The fourth-order valence-corrected chi connectivity index (χ4v) is 3.81. The first-order valence-corrected chi connectivity index (χ1v) is 10.4. The van der Waals surface area contributed by atoms with E-state index in [0.29, 0.717) is 11.7 Å². The number of hydrogen-bond donors (Lipinski definition) is 0. The molecular weight excluding hydrogens is 308 g/mol. The zero-order valence-corrected chi connectivity index (χ0v) is 16.4. The van der Waals surface area contributed by atoms with Gasteiger partial charge in [0.2, 0.25) is 0 Å². The van der Waals surface area contributed by atoms with Gasteiger partial charge in [0.15, 0.2) is 0 Å². The Morgan fingerprint density at radius 2 is 1.76 bits per heavy atom. The van der Waals surface area contributed by atoms with E-state index in [9.17, 15) is 4.79 Å². The summed E-state index contributed by atoms with van der Waals surface area (Å²) in [7, 11) is 0. The fourth-order valence-electron chi connectivity index (χ4n) is 3.81. The van der Waals surface area contributed by atoms with E-state index in [1.54, 1.807) is 0 Å². The highest BCUT2D eigenvalue weighted by Crippen LogP contribution is 2.33. The second kappa shape index (κ2) is 10.6. The number of unbranched alkanes of at least 4 members (excludes halogenated alkanes) is 2. The van der Waals surface area contributed by atoms with Crippen LogP contribution in [0.25, 0.3) is 0 Å². The van der Waals surface area contributed by atoms with Crippen LogP contribution in [0.1, 0.15) is 84.1 Å². The molecule has 140 valence electrons. The van der Waals surface area contributed by atoms with Gasteiger partial charge in [-0.05, 0) is 61.6 Å². The molecule has 0 N–H and O–H groups in total. The van der Waals surface area contributed by atoms with E-state index >= 15 is 0 Å². The first-order chi connectivity index (χ1) is 12.1. The molecule has 0 aromatic heterocycles. The summed E-state index contributed by atoms with van der Waals surface area (Å²) >= 11 is 0. The molecule has 0 aliphatic heterocycles. The van der Waals surface area contributed by atoms with E-state index in [2.05, 4.69) is 32.9 Å². The molecule has 1 atom stereocenters. The number of hydrogen-bond acceptors (Lipinski definition) is 2. The van der Waals surface area contributed by atoms with E-state index in [1.807, 2.05) is 12.1 Å². The van der Waals surface area contributed by atoms with Gasteiger partial charge in [-0.15, -0.1) is 0 Å². The molecule has 0 saturated heterocycles.